The van der Waals surface area contributed by atoms with Gasteiger partial charge in [-0.05, 0) is 62.3 Å². The summed E-state index contributed by atoms with van der Waals surface area (Å²) in [5.41, 5.74) is 5.34. The first kappa shape index (κ1) is 17.9. The topological polar surface area (TPSA) is 56.6 Å². The van der Waals surface area contributed by atoms with Crippen molar-refractivity contribution in [3.8, 4) is 6.07 Å². The first-order chi connectivity index (χ1) is 12.3. The number of pyridine rings is 1. The lowest BCUT2D eigenvalue weighted by molar-refractivity contribution is 0.606. The molecule has 2 aromatic carbocycles. The van der Waals surface area contributed by atoms with Gasteiger partial charge in [0.15, 0.2) is 0 Å². The van der Waals surface area contributed by atoms with Crippen LogP contribution in [0, 0.1) is 25.2 Å². The highest BCUT2D eigenvalue weighted by molar-refractivity contribution is 5.80. The van der Waals surface area contributed by atoms with Crippen LogP contribution in [0.1, 0.15) is 41.7 Å². The van der Waals surface area contributed by atoms with Crippen molar-refractivity contribution < 1.29 is 0 Å². The Balaban J connectivity index is 2.06. The zero-order chi connectivity index (χ0) is 18.9. The summed E-state index contributed by atoms with van der Waals surface area (Å²) in [7, 11) is 0. The third-order valence-electron chi connectivity index (χ3n) is 5.03. The summed E-state index contributed by atoms with van der Waals surface area (Å²) in [6, 6.07) is 16.8. The van der Waals surface area contributed by atoms with Gasteiger partial charge >= 0.3 is 0 Å². The third-order valence-corrected chi connectivity index (χ3v) is 5.03. The minimum absolute atomic E-state index is 0.0508. The summed E-state index contributed by atoms with van der Waals surface area (Å²) >= 11 is 0. The number of benzene rings is 2. The number of hydrogen-bond donors (Lipinski definition) is 1. The summed E-state index contributed by atoms with van der Waals surface area (Å²) in [4.78, 5) is 15.1. The Morgan fingerprint density at radius 1 is 1.08 bits per heavy atom. The molecule has 1 unspecified atom stereocenters. The lowest BCUT2D eigenvalue weighted by Crippen LogP contribution is -2.23. The molecule has 0 bridgehead atoms. The molecule has 3 aromatic rings. The maximum absolute atomic E-state index is 12.1. The Kier molecular flexibility index (Phi) is 4.70. The van der Waals surface area contributed by atoms with Crippen molar-refractivity contribution in [3.05, 3.63) is 80.6 Å². The van der Waals surface area contributed by atoms with Gasteiger partial charge in [0, 0.05) is 11.1 Å². The number of aryl methyl sites for hydroxylation is 3. The minimum Gasteiger partial charge on any atom is -0.322 e. The number of hydrogen-bond acceptors (Lipinski definition) is 2. The number of aromatic nitrogens is 1. The van der Waals surface area contributed by atoms with E-state index in [-0.39, 0.29) is 5.56 Å². The molecule has 1 heterocycles. The smallest absolute Gasteiger partial charge is 0.251 e. The van der Waals surface area contributed by atoms with Crippen molar-refractivity contribution in [2.24, 2.45) is 0 Å². The number of rotatable bonds is 4. The van der Waals surface area contributed by atoms with Crippen LogP contribution >= 0.6 is 0 Å². The van der Waals surface area contributed by atoms with Crippen LogP contribution in [-0.4, -0.2) is 4.98 Å². The van der Waals surface area contributed by atoms with E-state index in [9.17, 15) is 10.1 Å². The first-order valence-electron chi connectivity index (χ1n) is 8.99. The number of H-pyrrole nitrogens is 1. The van der Waals surface area contributed by atoms with Crippen LogP contribution < -0.4 is 5.56 Å². The number of fused-ring (bicyclic) bond motifs is 1. The van der Waals surface area contributed by atoms with Crippen molar-refractivity contribution in [1.29, 1.82) is 5.26 Å². The third kappa shape index (κ3) is 3.41. The largest absolute Gasteiger partial charge is 0.322 e. The highest BCUT2D eigenvalue weighted by Crippen LogP contribution is 2.30. The van der Waals surface area contributed by atoms with E-state index in [0.29, 0.717) is 12.8 Å². The van der Waals surface area contributed by atoms with E-state index in [0.717, 1.165) is 27.6 Å². The predicted molar refractivity (Wildman–Crippen MR) is 107 cm³/mol. The van der Waals surface area contributed by atoms with Crippen molar-refractivity contribution in [1.82, 2.24) is 4.98 Å². The van der Waals surface area contributed by atoms with Gasteiger partial charge in [0.25, 0.3) is 5.56 Å². The van der Waals surface area contributed by atoms with Crippen molar-refractivity contribution in [2.75, 3.05) is 0 Å². The molecule has 0 aliphatic carbocycles. The molecule has 132 valence electrons. The molecule has 0 spiro atoms. The van der Waals surface area contributed by atoms with Gasteiger partial charge in [-0.25, -0.2) is 0 Å². The Morgan fingerprint density at radius 3 is 2.38 bits per heavy atom. The highest BCUT2D eigenvalue weighted by Gasteiger charge is 2.27. The molecule has 0 aliphatic rings. The molecule has 0 saturated heterocycles. The van der Waals surface area contributed by atoms with Crippen LogP contribution in [0.5, 0.6) is 0 Å². The average molecular weight is 344 g/mol. The van der Waals surface area contributed by atoms with Crippen molar-refractivity contribution in [3.63, 3.8) is 0 Å². The molecule has 0 amide bonds. The van der Waals surface area contributed by atoms with E-state index < -0.39 is 5.41 Å². The van der Waals surface area contributed by atoms with Crippen molar-refractivity contribution in [2.45, 2.75) is 46.0 Å². The van der Waals surface area contributed by atoms with Gasteiger partial charge in [-0.3, -0.25) is 4.79 Å². The summed E-state index contributed by atoms with van der Waals surface area (Å²) in [6.45, 7) is 8.09. The molecule has 0 fully saturated rings. The second-order valence-corrected chi connectivity index (χ2v) is 7.40. The summed E-state index contributed by atoms with van der Waals surface area (Å²) < 4.78 is 0. The highest BCUT2D eigenvalue weighted by atomic mass is 16.1. The zero-order valence-corrected chi connectivity index (χ0v) is 15.8. The second-order valence-electron chi connectivity index (χ2n) is 7.40. The fourth-order valence-electron chi connectivity index (χ4n) is 3.64. The Hall–Kier alpha value is -2.86. The Morgan fingerprint density at radius 2 is 1.77 bits per heavy atom. The molecule has 1 N–H and O–H groups in total. The molecular formula is C23H24N2O. The molecule has 3 heteroatoms. The van der Waals surface area contributed by atoms with Gasteiger partial charge in [-0.1, -0.05) is 48.4 Å². The van der Waals surface area contributed by atoms with Crippen LogP contribution in [-0.2, 0) is 18.3 Å². The Bertz CT molecular complexity index is 1050. The van der Waals surface area contributed by atoms with E-state index in [2.05, 4.69) is 43.1 Å². The molecular weight excluding hydrogens is 320 g/mol. The number of nitriles is 1. The molecule has 1 atom stereocenters. The maximum Gasteiger partial charge on any atom is 0.251 e. The summed E-state index contributed by atoms with van der Waals surface area (Å²) in [5.74, 6) is 0. The van der Waals surface area contributed by atoms with Gasteiger partial charge in [-0.15, -0.1) is 0 Å². The predicted octanol–water partition coefficient (Wildman–Crippen LogP) is 4.73. The minimum atomic E-state index is -0.658. The molecule has 0 radical (unpaired) electrons. The molecule has 26 heavy (non-hydrogen) atoms. The fourth-order valence-corrected chi connectivity index (χ4v) is 3.64. The van der Waals surface area contributed by atoms with Crippen LogP contribution in [0.2, 0.25) is 0 Å². The van der Waals surface area contributed by atoms with E-state index in [1.165, 1.54) is 11.1 Å². The van der Waals surface area contributed by atoms with E-state index in [1.54, 1.807) is 0 Å². The number of nitrogens with zero attached hydrogens (tertiary/aromatic N) is 1. The average Bonchev–Trinajstić information content (AvgIpc) is 2.59. The van der Waals surface area contributed by atoms with Crippen LogP contribution in [0.25, 0.3) is 10.9 Å². The quantitative estimate of drug-likeness (QED) is 0.744. The van der Waals surface area contributed by atoms with Crippen LogP contribution in [0.15, 0.2) is 47.3 Å². The van der Waals surface area contributed by atoms with E-state index in [1.807, 2.05) is 38.1 Å². The zero-order valence-electron chi connectivity index (χ0n) is 15.8. The SMILES string of the molecule is CCc1cc2ccc(C(C)(C#N)Cc3cc(C)cc(C)c3)cc2[nH]c1=O. The molecule has 3 nitrogen and oxygen atoms in total. The molecule has 1 aromatic heterocycles. The van der Waals surface area contributed by atoms with Crippen LogP contribution in [0.3, 0.4) is 0 Å². The van der Waals surface area contributed by atoms with Gasteiger partial charge in [0.05, 0.1) is 11.5 Å². The molecule has 0 aliphatic heterocycles. The monoisotopic (exact) mass is 344 g/mol. The first-order valence-corrected chi connectivity index (χ1v) is 8.99. The summed E-state index contributed by atoms with van der Waals surface area (Å²) in [5, 5.41) is 10.9. The van der Waals surface area contributed by atoms with Crippen molar-refractivity contribution >= 4 is 10.9 Å². The Labute approximate surface area is 154 Å². The van der Waals surface area contributed by atoms with Crippen LogP contribution in [0.4, 0.5) is 0 Å². The second kappa shape index (κ2) is 6.80. The maximum atomic E-state index is 12.1. The lowest BCUT2D eigenvalue weighted by Gasteiger charge is -2.23. The normalized spacial score (nSPS) is 13.3. The van der Waals surface area contributed by atoms with Gasteiger partial charge < -0.3 is 4.98 Å². The van der Waals surface area contributed by atoms with E-state index in [4.69, 9.17) is 0 Å². The summed E-state index contributed by atoms with van der Waals surface area (Å²) in [6.07, 6.45) is 1.34. The van der Waals surface area contributed by atoms with Gasteiger partial charge in [0.1, 0.15) is 0 Å². The van der Waals surface area contributed by atoms with Gasteiger partial charge in [-0.2, -0.15) is 5.26 Å². The van der Waals surface area contributed by atoms with E-state index >= 15 is 0 Å². The molecule has 3 rings (SSSR count). The fraction of sp³-hybridized carbons (Fsp3) is 0.304. The standard InChI is InChI=1S/C23H24N2O/c1-5-18-11-19-6-7-20(12-21(19)25-22(18)26)23(4,14-24)13-17-9-15(2)8-16(3)10-17/h6-12H,5,13H2,1-4H3,(H,25,26). The molecule has 0 saturated carbocycles. The van der Waals surface area contributed by atoms with Gasteiger partial charge in [0.2, 0.25) is 0 Å². The number of nitrogens with one attached hydrogen (secondary N) is 1. The number of aromatic amines is 1. The lowest BCUT2D eigenvalue weighted by atomic mass is 9.78.